The summed E-state index contributed by atoms with van der Waals surface area (Å²) in [7, 11) is -3.14. The molecule has 1 aliphatic heterocycles. The molecule has 106 valence electrons. The summed E-state index contributed by atoms with van der Waals surface area (Å²) in [5.41, 5.74) is 1.88. The largest absolute Gasteiger partial charge is 0.310 e. The van der Waals surface area contributed by atoms with Gasteiger partial charge in [-0.2, -0.15) is 0 Å². The van der Waals surface area contributed by atoms with Crippen molar-refractivity contribution in [3.8, 4) is 0 Å². The number of sulfonamides is 1. The second-order valence-electron chi connectivity index (χ2n) is 4.93. The molecule has 0 aromatic heterocycles. The van der Waals surface area contributed by atoms with Gasteiger partial charge >= 0.3 is 0 Å². The number of nitrogens with zero attached hydrogens (tertiary/aromatic N) is 1. The summed E-state index contributed by atoms with van der Waals surface area (Å²) in [6, 6.07) is 7.93. The molecule has 0 aliphatic carbocycles. The van der Waals surface area contributed by atoms with Gasteiger partial charge in [0.1, 0.15) is 0 Å². The van der Waals surface area contributed by atoms with E-state index in [1.807, 2.05) is 24.3 Å². The topological polar surface area (TPSA) is 49.4 Å². The Morgan fingerprint density at radius 2 is 2.05 bits per heavy atom. The Morgan fingerprint density at radius 1 is 1.32 bits per heavy atom. The zero-order chi connectivity index (χ0) is 13.9. The minimum Gasteiger partial charge on any atom is -0.310 e. The molecule has 0 amide bonds. The fourth-order valence-electron chi connectivity index (χ4n) is 2.56. The van der Waals surface area contributed by atoms with Gasteiger partial charge in [-0.3, -0.25) is 4.31 Å². The van der Waals surface area contributed by atoms with Crippen LogP contribution in [0.3, 0.4) is 0 Å². The molecule has 1 fully saturated rings. The van der Waals surface area contributed by atoms with E-state index in [1.54, 1.807) is 4.31 Å². The zero-order valence-electron chi connectivity index (χ0n) is 11.6. The third-order valence-electron chi connectivity index (χ3n) is 3.53. The van der Waals surface area contributed by atoms with Crippen molar-refractivity contribution in [3.05, 3.63) is 29.8 Å². The first kappa shape index (κ1) is 14.3. The molecule has 1 aromatic rings. The second-order valence-corrected chi connectivity index (χ2v) is 6.95. The molecule has 1 saturated heterocycles. The number of para-hydroxylation sites is 1. The lowest BCUT2D eigenvalue weighted by atomic mass is 10.1. The summed E-state index contributed by atoms with van der Waals surface area (Å²) in [5.74, 6) is 0.261. The first-order valence-electron chi connectivity index (χ1n) is 6.89. The summed E-state index contributed by atoms with van der Waals surface area (Å²) in [6.45, 7) is 5.58. The van der Waals surface area contributed by atoms with Crippen LogP contribution in [-0.2, 0) is 10.0 Å². The lowest BCUT2D eigenvalue weighted by molar-refractivity contribution is 0.570. The van der Waals surface area contributed by atoms with Crippen LogP contribution >= 0.6 is 0 Å². The van der Waals surface area contributed by atoms with Crippen molar-refractivity contribution in [1.29, 1.82) is 0 Å². The number of nitrogens with one attached hydrogen (secondary N) is 1. The highest BCUT2D eigenvalue weighted by atomic mass is 32.2. The molecule has 1 atom stereocenters. The molecule has 1 aromatic carbocycles. The van der Waals surface area contributed by atoms with Crippen molar-refractivity contribution >= 4 is 15.7 Å². The van der Waals surface area contributed by atoms with Gasteiger partial charge in [0.05, 0.1) is 11.4 Å². The molecule has 4 nitrogen and oxygen atoms in total. The van der Waals surface area contributed by atoms with Crippen molar-refractivity contribution in [1.82, 2.24) is 5.32 Å². The molecule has 1 unspecified atom stereocenters. The maximum atomic E-state index is 12.2. The quantitative estimate of drug-likeness (QED) is 0.922. The first-order chi connectivity index (χ1) is 9.06. The van der Waals surface area contributed by atoms with E-state index in [9.17, 15) is 8.42 Å². The van der Waals surface area contributed by atoms with Gasteiger partial charge in [-0.15, -0.1) is 0 Å². The average molecular weight is 282 g/mol. The van der Waals surface area contributed by atoms with Gasteiger partial charge < -0.3 is 5.32 Å². The Hall–Kier alpha value is -1.07. The van der Waals surface area contributed by atoms with E-state index in [0.29, 0.717) is 6.54 Å². The lowest BCUT2D eigenvalue weighted by Crippen LogP contribution is -2.39. The molecule has 19 heavy (non-hydrogen) atoms. The minimum absolute atomic E-state index is 0.151. The van der Waals surface area contributed by atoms with Crippen LogP contribution in [0.2, 0.25) is 0 Å². The predicted molar refractivity (Wildman–Crippen MR) is 78.9 cm³/mol. The summed E-state index contributed by atoms with van der Waals surface area (Å²) in [6.07, 6.45) is 1.70. The van der Waals surface area contributed by atoms with E-state index >= 15 is 0 Å². The normalized spacial score (nSPS) is 20.2. The molecule has 1 N–H and O–H groups in total. The Kier molecular flexibility index (Phi) is 4.47. The Balaban J connectivity index is 2.39. The highest BCUT2D eigenvalue weighted by Gasteiger charge is 2.28. The Bertz CT molecular complexity index is 528. The molecule has 2 rings (SSSR count). The van der Waals surface area contributed by atoms with Gasteiger partial charge in [0, 0.05) is 12.6 Å². The van der Waals surface area contributed by atoms with E-state index in [1.165, 1.54) is 0 Å². The summed E-state index contributed by atoms with van der Waals surface area (Å²) in [5, 5.41) is 3.35. The molecule has 0 saturated carbocycles. The SMILES string of the molecule is CCNC(C)c1ccccc1N1CCCCS1(=O)=O. The van der Waals surface area contributed by atoms with Crippen LogP contribution in [0.4, 0.5) is 5.69 Å². The van der Waals surface area contributed by atoms with E-state index < -0.39 is 10.0 Å². The second kappa shape index (κ2) is 5.92. The summed E-state index contributed by atoms with van der Waals surface area (Å²) in [4.78, 5) is 0. The Labute approximate surface area is 115 Å². The fourth-order valence-corrected chi connectivity index (χ4v) is 4.22. The van der Waals surface area contributed by atoms with Crippen LogP contribution in [0.15, 0.2) is 24.3 Å². The minimum atomic E-state index is -3.14. The first-order valence-corrected chi connectivity index (χ1v) is 8.50. The zero-order valence-corrected chi connectivity index (χ0v) is 12.4. The van der Waals surface area contributed by atoms with E-state index in [-0.39, 0.29) is 11.8 Å². The molecule has 1 heterocycles. The molecule has 0 spiro atoms. The van der Waals surface area contributed by atoms with Crippen molar-refractivity contribution in [2.24, 2.45) is 0 Å². The monoisotopic (exact) mass is 282 g/mol. The van der Waals surface area contributed by atoms with E-state index in [2.05, 4.69) is 19.2 Å². The smallest absolute Gasteiger partial charge is 0.235 e. The number of benzene rings is 1. The van der Waals surface area contributed by atoms with Gasteiger partial charge in [0.2, 0.25) is 10.0 Å². The van der Waals surface area contributed by atoms with Crippen LogP contribution in [-0.4, -0.2) is 27.3 Å². The number of hydrogen-bond donors (Lipinski definition) is 1. The van der Waals surface area contributed by atoms with Gasteiger partial charge in [0.15, 0.2) is 0 Å². The molecular weight excluding hydrogens is 260 g/mol. The molecule has 1 aliphatic rings. The molecule has 0 bridgehead atoms. The third-order valence-corrected chi connectivity index (χ3v) is 5.39. The maximum Gasteiger partial charge on any atom is 0.235 e. The van der Waals surface area contributed by atoms with Crippen LogP contribution in [0, 0.1) is 0 Å². The predicted octanol–water partition coefficient (Wildman–Crippen LogP) is 2.29. The summed E-state index contributed by atoms with van der Waals surface area (Å²) < 4.78 is 26.0. The van der Waals surface area contributed by atoms with Crippen LogP contribution in [0.25, 0.3) is 0 Å². The van der Waals surface area contributed by atoms with Crippen molar-refractivity contribution in [2.45, 2.75) is 32.7 Å². The van der Waals surface area contributed by atoms with Crippen LogP contribution in [0.1, 0.15) is 38.3 Å². The molecule has 5 heteroatoms. The molecular formula is C14H22N2O2S. The van der Waals surface area contributed by atoms with Crippen LogP contribution < -0.4 is 9.62 Å². The average Bonchev–Trinajstić information content (AvgIpc) is 2.38. The van der Waals surface area contributed by atoms with Crippen molar-refractivity contribution in [2.75, 3.05) is 23.1 Å². The van der Waals surface area contributed by atoms with Crippen molar-refractivity contribution in [3.63, 3.8) is 0 Å². The van der Waals surface area contributed by atoms with Gasteiger partial charge in [-0.05, 0) is 37.9 Å². The highest BCUT2D eigenvalue weighted by Crippen LogP contribution is 2.30. The van der Waals surface area contributed by atoms with E-state index in [4.69, 9.17) is 0 Å². The number of rotatable bonds is 4. The van der Waals surface area contributed by atoms with Gasteiger partial charge in [-0.25, -0.2) is 8.42 Å². The number of anilines is 1. The summed E-state index contributed by atoms with van der Waals surface area (Å²) >= 11 is 0. The molecule has 0 radical (unpaired) electrons. The third kappa shape index (κ3) is 3.09. The van der Waals surface area contributed by atoms with E-state index in [0.717, 1.165) is 30.6 Å². The van der Waals surface area contributed by atoms with Gasteiger partial charge in [-0.1, -0.05) is 25.1 Å². The lowest BCUT2D eigenvalue weighted by Gasteiger charge is -2.31. The van der Waals surface area contributed by atoms with Crippen LogP contribution in [0.5, 0.6) is 0 Å². The van der Waals surface area contributed by atoms with Gasteiger partial charge in [0.25, 0.3) is 0 Å². The maximum absolute atomic E-state index is 12.2. The van der Waals surface area contributed by atoms with Crippen molar-refractivity contribution < 1.29 is 8.42 Å². The Morgan fingerprint density at radius 3 is 2.74 bits per heavy atom. The standard InChI is InChI=1S/C14H22N2O2S/c1-3-15-12(2)13-8-4-5-9-14(13)16-10-6-7-11-19(16,17)18/h4-5,8-9,12,15H,3,6-7,10-11H2,1-2H3. The highest BCUT2D eigenvalue weighted by molar-refractivity contribution is 7.92. The fraction of sp³-hybridized carbons (Fsp3) is 0.571. The number of hydrogen-bond acceptors (Lipinski definition) is 3.